The first kappa shape index (κ1) is 15.7. The third-order valence-electron chi connectivity index (χ3n) is 3.07. The molecule has 1 N–H and O–H groups in total. The summed E-state index contributed by atoms with van der Waals surface area (Å²) < 4.78 is 5.66. The lowest BCUT2D eigenvalue weighted by Crippen LogP contribution is -2.42. The van der Waals surface area contributed by atoms with Gasteiger partial charge in [0.15, 0.2) is 0 Å². The molecular weight excluding hydrogens is 290 g/mol. The summed E-state index contributed by atoms with van der Waals surface area (Å²) in [6.45, 7) is 6.98. The first-order chi connectivity index (χ1) is 9.86. The van der Waals surface area contributed by atoms with Crippen molar-refractivity contribution >= 4 is 17.3 Å². The molecule has 0 aromatic carbocycles. The molecule has 21 heavy (non-hydrogen) atoms. The van der Waals surface area contributed by atoms with Crippen molar-refractivity contribution < 1.29 is 14.3 Å². The van der Waals surface area contributed by atoms with Crippen LogP contribution in [0.2, 0.25) is 0 Å². The van der Waals surface area contributed by atoms with E-state index in [4.69, 9.17) is 9.52 Å². The van der Waals surface area contributed by atoms with Crippen LogP contribution in [0.1, 0.15) is 33.1 Å². The molecule has 2 heterocycles. The maximum absolute atomic E-state index is 10.8. The number of thiophene rings is 1. The van der Waals surface area contributed by atoms with Gasteiger partial charge in [0, 0.05) is 12.1 Å². The standard InChI is InChI=1S/C14H19N3O3S/c1-14(2,3)17(7-6-12(18)19)9-11-15-16-13(20-11)10-5-4-8-21-10/h4-5,8H,6-7,9H2,1-3H3,(H,18,19). The Morgan fingerprint density at radius 1 is 1.43 bits per heavy atom. The molecule has 0 aliphatic rings. The van der Waals surface area contributed by atoms with E-state index in [0.29, 0.717) is 24.9 Å². The van der Waals surface area contributed by atoms with Crippen LogP contribution >= 0.6 is 11.3 Å². The van der Waals surface area contributed by atoms with Crippen LogP contribution in [0, 0.1) is 0 Å². The average molecular weight is 309 g/mol. The molecule has 0 unspecified atom stereocenters. The molecule has 0 atom stereocenters. The largest absolute Gasteiger partial charge is 0.481 e. The Balaban J connectivity index is 2.08. The van der Waals surface area contributed by atoms with E-state index in [2.05, 4.69) is 10.2 Å². The zero-order valence-corrected chi connectivity index (χ0v) is 13.2. The molecule has 0 saturated heterocycles. The summed E-state index contributed by atoms with van der Waals surface area (Å²) in [5.74, 6) is 0.194. The van der Waals surface area contributed by atoms with Gasteiger partial charge in [0.25, 0.3) is 5.89 Å². The van der Waals surface area contributed by atoms with Crippen molar-refractivity contribution in [1.29, 1.82) is 0 Å². The number of hydrogen-bond acceptors (Lipinski definition) is 6. The van der Waals surface area contributed by atoms with Gasteiger partial charge >= 0.3 is 5.97 Å². The molecule has 0 spiro atoms. The Kier molecular flexibility index (Phi) is 4.74. The predicted octanol–water partition coefficient (Wildman–Crippen LogP) is 2.87. The van der Waals surface area contributed by atoms with Crippen LogP contribution in [0.3, 0.4) is 0 Å². The smallest absolute Gasteiger partial charge is 0.304 e. The van der Waals surface area contributed by atoms with Gasteiger partial charge in [0.1, 0.15) is 0 Å². The van der Waals surface area contributed by atoms with Crippen LogP contribution in [0.15, 0.2) is 21.9 Å². The molecule has 0 fully saturated rings. The highest BCUT2D eigenvalue weighted by Crippen LogP contribution is 2.24. The lowest BCUT2D eigenvalue weighted by atomic mass is 10.1. The molecule has 0 amide bonds. The van der Waals surface area contributed by atoms with Crippen molar-refractivity contribution in [3.05, 3.63) is 23.4 Å². The van der Waals surface area contributed by atoms with E-state index in [9.17, 15) is 4.79 Å². The zero-order chi connectivity index (χ0) is 15.5. The Morgan fingerprint density at radius 2 is 2.19 bits per heavy atom. The van der Waals surface area contributed by atoms with Crippen LogP contribution < -0.4 is 0 Å². The number of aromatic nitrogens is 2. The van der Waals surface area contributed by atoms with Crippen molar-refractivity contribution in [2.45, 2.75) is 39.3 Å². The van der Waals surface area contributed by atoms with E-state index in [1.807, 2.05) is 43.2 Å². The maximum atomic E-state index is 10.8. The van der Waals surface area contributed by atoms with Gasteiger partial charge in [-0.1, -0.05) is 6.07 Å². The van der Waals surface area contributed by atoms with Crippen LogP contribution in [0.4, 0.5) is 0 Å². The summed E-state index contributed by atoms with van der Waals surface area (Å²) >= 11 is 1.54. The molecule has 0 aliphatic carbocycles. The average Bonchev–Trinajstić information content (AvgIpc) is 3.03. The predicted molar refractivity (Wildman–Crippen MR) is 80.0 cm³/mol. The van der Waals surface area contributed by atoms with E-state index >= 15 is 0 Å². The fraction of sp³-hybridized carbons (Fsp3) is 0.500. The molecule has 7 heteroatoms. The highest BCUT2D eigenvalue weighted by molar-refractivity contribution is 7.13. The molecule has 0 radical (unpaired) electrons. The lowest BCUT2D eigenvalue weighted by Gasteiger charge is -2.34. The lowest BCUT2D eigenvalue weighted by molar-refractivity contribution is -0.137. The van der Waals surface area contributed by atoms with Gasteiger partial charge in [0.2, 0.25) is 5.89 Å². The van der Waals surface area contributed by atoms with E-state index in [-0.39, 0.29) is 12.0 Å². The monoisotopic (exact) mass is 309 g/mol. The summed E-state index contributed by atoms with van der Waals surface area (Å²) in [6, 6.07) is 3.85. The Hall–Kier alpha value is -1.73. The number of carboxylic acid groups (broad SMARTS) is 1. The molecule has 0 aliphatic heterocycles. The topological polar surface area (TPSA) is 79.5 Å². The van der Waals surface area contributed by atoms with E-state index in [1.54, 1.807) is 11.3 Å². The number of nitrogens with zero attached hydrogens (tertiary/aromatic N) is 3. The van der Waals surface area contributed by atoms with Gasteiger partial charge in [-0.05, 0) is 32.2 Å². The number of hydrogen-bond donors (Lipinski definition) is 1. The third kappa shape index (κ3) is 4.37. The SMILES string of the molecule is CC(C)(C)N(CCC(=O)O)Cc1nnc(-c2cccs2)o1. The quantitative estimate of drug-likeness (QED) is 0.884. The van der Waals surface area contributed by atoms with Crippen molar-refractivity contribution in [2.75, 3.05) is 6.54 Å². The van der Waals surface area contributed by atoms with Crippen molar-refractivity contribution in [3.63, 3.8) is 0 Å². The van der Waals surface area contributed by atoms with Gasteiger partial charge in [-0.25, -0.2) is 0 Å². The molecule has 0 saturated carbocycles. The van der Waals surface area contributed by atoms with Gasteiger partial charge in [-0.15, -0.1) is 21.5 Å². The normalized spacial score (nSPS) is 12.0. The Bertz CT molecular complexity index is 587. The van der Waals surface area contributed by atoms with Gasteiger partial charge < -0.3 is 9.52 Å². The maximum Gasteiger partial charge on any atom is 0.304 e. The molecule has 0 bridgehead atoms. The molecule has 2 rings (SSSR count). The minimum Gasteiger partial charge on any atom is -0.481 e. The van der Waals surface area contributed by atoms with Gasteiger partial charge in [-0.2, -0.15) is 0 Å². The van der Waals surface area contributed by atoms with E-state index in [0.717, 1.165) is 4.88 Å². The number of aliphatic carboxylic acids is 1. The second-order valence-electron chi connectivity index (χ2n) is 5.71. The minimum atomic E-state index is -0.811. The second kappa shape index (κ2) is 6.36. The van der Waals surface area contributed by atoms with Crippen LogP contribution in [-0.4, -0.2) is 38.3 Å². The summed E-state index contributed by atoms with van der Waals surface area (Å²) in [6.07, 6.45) is 0.0865. The molecular formula is C14H19N3O3S. The summed E-state index contributed by atoms with van der Waals surface area (Å²) in [5.41, 5.74) is -0.174. The summed E-state index contributed by atoms with van der Waals surface area (Å²) in [4.78, 5) is 13.7. The molecule has 114 valence electrons. The fourth-order valence-corrected chi connectivity index (χ4v) is 2.51. The van der Waals surface area contributed by atoms with Crippen molar-refractivity contribution in [1.82, 2.24) is 15.1 Å². The van der Waals surface area contributed by atoms with Gasteiger partial charge in [0.05, 0.1) is 17.8 Å². The van der Waals surface area contributed by atoms with Crippen LogP contribution in [0.5, 0.6) is 0 Å². The molecule has 2 aromatic heterocycles. The summed E-state index contributed by atoms with van der Waals surface area (Å²) in [7, 11) is 0. The number of rotatable bonds is 6. The highest BCUT2D eigenvalue weighted by Gasteiger charge is 2.24. The van der Waals surface area contributed by atoms with Crippen molar-refractivity contribution in [2.24, 2.45) is 0 Å². The molecule has 6 nitrogen and oxygen atoms in total. The minimum absolute atomic E-state index is 0.0865. The first-order valence-corrected chi connectivity index (χ1v) is 7.57. The van der Waals surface area contributed by atoms with E-state index in [1.165, 1.54) is 0 Å². The summed E-state index contributed by atoms with van der Waals surface area (Å²) in [5, 5.41) is 18.9. The van der Waals surface area contributed by atoms with E-state index < -0.39 is 5.97 Å². The fourth-order valence-electron chi connectivity index (χ4n) is 1.86. The third-order valence-corrected chi connectivity index (χ3v) is 3.93. The number of carboxylic acids is 1. The highest BCUT2D eigenvalue weighted by atomic mass is 32.1. The Morgan fingerprint density at radius 3 is 2.76 bits per heavy atom. The first-order valence-electron chi connectivity index (χ1n) is 6.69. The van der Waals surface area contributed by atoms with Crippen molar-refractivity contribution in [3.8, 4) is 10.8 Å². The van der Waals surface area contributed by atoms with Crippen LogP contribution in [0.25, 0.3) is 10.8 Å². The Labute approximate surface area is 127 Å². The number of carbonyl (C=O) groups is 1. The zero-order valence-electron chi connectivity index (χ0n) is 12.4. The second-order valence-corrected chi connectivity index (χ2v) is 6.66. The molecule has 2 aromatic rings. The van der Waals surface area contributed by atoms with Gasteiger partial charge in [-0.3, -0.25) is 9.69 Å². The van der Waals surface area contributed by atoms with Crippen LogP contribution in [-0.2, 0) is 11.3 Å².